The molecule has 3 heterocycles. The molecule has 0 aliphatic carbocycles. The second-order valence-electron chi connectivity index (χ2n) is 10.4. The number of nitrogens with zero attached hydrogens (tertiary/aromatic N) is 3. The number of aromatic nitrogens is 2. The quantitative estimate of drug-likeness (QED) is 0.317. The molecule has 0 spiro atoms. The van der Waals surface area contributed by atoms with Gasteiger partial charge < -0.3 is 10.1 Å². The molecule has 202 valence electrons. The maximum Gasteiger partial charge on any atom is 0.273 e. The van der Waals surface area contributed by atoms with Crippen LogP contribution >= 0.6 is 0 Å². The van der Waals surface area contributed by atoms with Gasteiger partial charge in [0.1, 0.15) is 17.9 Å². The monoisotopic (exact) mass is 531 g/mol. The predicted molar refractivity (Wildman–Crippen MR) is 146 cm³/mol. The van der Waals surface area contributed by atoms with Gasteiger partial charge in [-0.25, -0.2) is 14.2 Å². The van der Waals surface area contributed by atoms with Crippen LogP contribution in [-0.2, 0) is 17.7 Å². The average Bonchev–Trinajstić information content (AvgIpc) is 3.28. The van der Waals surface area contributed by atoms with E-state index in [0.29, 0.717) is 24.2 Å². The summed E-state index contributed by atoms with van der Waals surface area (Å²) < 4.78 is 33.1. The van der Waals surface area contributed by atoms with Gasteiger partial charge in [-0.3, -0.25) is 9.69 Å². The molecule has 6 rings (SSSR count). The third-order valence-electron chi connectivity index (χ3n) is 7.35. The molecule has 1 atom stereocenters. The molecule has 1 unspecified atom stereocenters. The maximum atomic E-state index is 13.6. The van der Waals surface area contributed by atoms with Gasteiger partial charge in [0.2, 0.25) is 0 Å². The fourth-order valence-electron chi connectivity index (χ4n) is 5.22. The van der Waals surface area contributed by atoms with Gasteiger partial charge in [0.15, 0.2) is 0 Å². The first-order valence-corrected chi connectivity index (χ1v) is 13.5. The van der Waals surface area contributed by atoms with E-state index in [9.17, 15) is 13.6 Å². The van der Waals surface area contributed by atoms with E-state index >= 15 is 0 Å². The van der Waals surface area contributed by atoms with Crippen LogP contribution in [0.15, 0.2) is 60.8 Å². The summed E-state index contributed by atoms with van der Waals surface area (Å²) in [6.07, 6.45) is 6.17. The van der Waals surface area contributed by atoms with E-state index in [1.54, 1.807) is 6.20 Å². The Labute approximate surface area is 225 Å². The van der Waals surface area contributed by atoms with Gasteiger partial charge in [0.05, 0.1) is 17.3 Å². The van der Waals surface area contributed by atoms with E-state index in [0.717, 1.165) is 72.7 Å². The Hall–Kier alpha value is -3.82. The topological polar surface area (TPSA) is 71.4 Å². The van der Waals surface area contributed by atoms with Crippen LogP contribution in [0.5, 0.6) is 0 Å². The number of rotatable bonds is 8. The number of likely N-dealkylation sites (tertiary alicyclic amines) is 1. The van der Waals surface area contributed by atoms with E-state index < -0.39 is 11.6 Å². The van der Waals surface area contributed by atoms with Crippen LogP contribution in [0.4, 0.5) is 14.5 Å². The minimum Gasteiger partial charge on any atom is -0.359 e. The molecule has 7 nitrogen and oxygen atoms in total. The molecule has 2 N–H and O–H groups in total. The molecule has 0 bridgehead atoms. The normalized spacial score (nSPS) is 17.6. The first kappa shape index (κ1) is 25.5. The number of benzene rings is 3. The number of fused-ring (bicyclic) bond motifs is 1. The Bertz CT molecular complexity index is 1470. The van der Waals surface area contributed by atoms with Crippen molar-refractivity contribution in [3.8, 4) is 0 Å². The van der Waals surface area contributed by atoms with Gasteiger partial charge in [-0.05, 0) is 98.3 Å². The standard InChI is InChI=1S/C30H31F2N5O2/c31-24-14-22(15-25(32)17-24)12-20-6-8-28-23(13-20)18-33-37(28)35-30(38)26-7-5-21(19-36-9-3-10-36)16-27(26)34-29-4-1-2-11-39-29/h5-8,13-18,29,34H,1-4,9-12,19H2,(H,35,38). The summed E-state index contributed by atoms with van der Waals surface area (Å²) in [5.41, 5.74) is 7.47. The van der Waals surface area contributed by atoms with E-state index in [2.05, 4.69) is 20.7 Å². The number of halogens is 2. The van der Waals surface area contributed by atoms with E-state index in [-0.39, 0.29) is 12.1 Å². The van der Waals surface area contributed by atoms with Gasteiger partial charge in [0, 0.05) is 30.3 Å². The van der Waals surface area contributed by atoms with Gasteiger partial charge in [-0.2, -0.15) is 9.89 Å². The summed E-state index contributed by atoms with van der Waals surface area (Å²) in [6, 6.07) is 15.1. The van der Waals surface area contributed by atoms with Crippen molar-refractivity contribution >= 4 is 22.5 Å². The highest BCUT2D eigenvalue weighted by Gasteiger charge is 2.21. The molecular weight excluding hydrogens is 500 g/mol. The molecule has 4 aromatic rings. The molecule has 1 amide bonds. The molecule has 2 fully saturated rings. The van der Waals surface area contributed by atoms with Crippen molar-refractivity contribution in [2.45, 2.75) is 44.9 Å². The summed E-state index contributed by atoms with van der Waals surface area (Å²) in [7, 11) is 0. The highest BCUT2D eigenvalue weighted by atomic mass is 19.1. The van der Waals surface area contributed by atoms with Crippen LogP contribution in [0.3, 0.4) is 0 Å². The molecular formula is C30H31F2N5O2. The molecule has 2 saturated heterocycles. The summed E-state index contributed by atoms with van der Waals surface area (Å²) in [5, 5.41) is 8.63. The number of anilines is 1. The Morgan fingerprint density at radius 2 is 1.77 bits per heavy atom. The van der Waals surface area contributed by atoms with Crippen LogP contribution in [0.2, 0.25) is 0 Å². The molecule has 39 heavy (non-hydrogen) atoms. The van der Waals surface area contributed by atoms with E-state index in [4.69, 9.17) is 4.74 Å². The lowest BCUT2D eigenvalue weighted by atomic mass is 10.0. The summed E-state index contributed by atoms with van der Waals surface area (Å²) in [4.78, 5) is 17.3. The zero-order valence-corrected chi connectivity index (χ0v) is 21.6. The van der Waals surface area contributed by atoms with E-state index in [1.807, 2.05) is 36.4 Å². The zero-order chi connectivity index (χ0) is 26.8. The summed E-state index contributed by atoms with van der Waals surface area (Å²) in [5.74, 6) is -1.48. The maximum absolute atomic E-state index is 13.6. The lowest BCUT2D eigenvalue weighted by Gasteiger charge is -2.31. The van der Waals surface area contributed by atoms with Crippen LogP contribution in [0.25, 0.3) is 10.9 Å². The Kier molecular flexibility index (Phi) is 7.26. The molecule has 0 saturated carbocycles. The lowest BCUT2D eigenvalue weighted by molar-refractivity contribution is 0.0343. The number of hydrogen-bond acceptors (Lipinski definition) is 5. The minimum atomic E-state index is -0.598. The van der Waals surface area contributed by atoms with Crippen molar-refractivity contribution in [1.29, 1.82) is 0 Å². The van der Waals surface area contributed by atoms with Gasteiger partial charge in [-0.1, -0.05) is 12.1 Å². The highest BCUT2D eigenvalue weighted by Crippen LogP contribution is 2.25. The number of amides is 1. The van der Waals surface area contributed by atoms with Crippen molar-refractivity contribution in [3.63, 3.8) is 0 Å². The van der Waals surface area contributed by atoms with Crippen LogP contribution in [0, 0.1) is 11.6 Å². The Morgan fingerprint density at radius 3 is 2.51 bits per heavy atom. The molecule has 9 heteroatoms. The Morgan fingerprint density at radius 1 is 0.949 bits per heavy atom. The number of ether oxygens (including phenoxy) is 1. The Balaban J connectivity index is 1.21. The molecule has 3 aromatic carbocycles. The van der Waals surface area contributed by atoms with Crippen molar-refractivity contribution < 1.29 is 18.3 Å². The first-order chi connectivity index (χ1) is 19.0. The van der Waals surface area contributed by atoms with Crippen molar-refractivity contribution in [3.05, 3.63) is 94.7 Å². The second kappa shape index (κ2) is 11.1. The van der Waals surface area contributed by atoms with Crippen LogP contribution < -0.4 is 10.7 Å². The molecule has 2 aliphatic heterocycles. The number of carbonyl (C=O) groups excluding carboxylic acids is 1. The molecule has 2 aliphatic rings. The first-order valence-electron chi connectivity index (χ1n) is 13.5. The van der Waals surface area contributed by atoms with Crippen molar-refractivity contribution in [2.24, 2.45) is 0 Å². The van der Waals surface area contributed by atoms with Gasteiger partial charge >= 0.3 is 0 Å². The smallest absolute Gasteiger partial charge is 0.273 e. The van der Waals surface area contributed by atoms with Crippen molar-refractivity contribution in [2.75, 3.05) is 30.4 Å². The number of hydrogen-bond donors (Lipinski definition) is 2. The van der Waals surface area contributed by atoms with Crippen LogP contribution in [0.1, 0.15) is 52.7 Å². The molecule has 1 aromatic heterocycles. The average molecular weight is 532 g/mol. The van der Waals surface area contributed by atoms with E-state index in [1.165, 1.54) is 23.3 Å². The highest BCUT2D eigenvalue weighted by molar-refractivity contribution is 6.05. The fraction of sp³-hybridized carbons (Fsp3) is 0.333. The van der Waals surface area contributed by atoms with Crippen molar-refractivity contribution in [1.82, 2.24) is 14.8 Å². The summed E-state index contributed by atoms with van der Waals surface area (Å²) in [6.45, 7) is 3.77. The molecule has 0 radical (unpaired) electrons. The lowest BCUT2D eigenvalue weighted by Crippen LogP contribution is -2.36. The SMILES string of the molecule is O=C(Nn1ncc2cc(Cc3cc(F)cc(F)c3)ccc21)c1ccc(CN2CCC2)cc1NC1CCCCO1. The number of carbonyl (C=O) groups is 1. The zero-order valence-electron chi connectivity index (χ0n) is 21.6. The summed E-state index contributed by atoms with van der Waals surface area (Å²) >= 11 is 0. The fourth-order valence-corrected chi connectivity index (χ4v) is 5.22. The number of nitrogens with one attached hydrogen (secondary N) is 2. The van der Waals surface area contributed by atoms with Gasteiger partial charge in [0.25, 0.3) is 5.91 Å². The van der Waals surface area contributed by atoms with Gasteiger partial charge in [-0.15, -0.1) is 0 Å². The van der Waals surface area contributed by atoms with Crippen LogP contribution in [-0.4, -0.2) is 46.6 Å². The second-order valence-corrected chi connectivity index (χ2v) is 10.4. The third-order valence-corrected chi connectivity index (χ3v) is 7.35. The third kappa shape index (κ3) is 5.94. The minimum absolute atomic E-state index is 0.125. The largest absolute Gasteiger partial charge is 0.359 e. The predicted octanol–water partition coefficient (Wildman–Crippen LogP) is 5.43.